The van der Waals surface area contributed by atoms with E-state index in [-0.39, 0.29) is 31.8 Å². The third kappa shape index (κ3) is 3.14. The van der Waals surface area contributed by atoms with Gasteiger partial charge in [-0.2, -0.15) is 0 Å². The summed E-state index contributed by atoms with van der Waals surface area (Å²) in [5.74, 6) is -2.93. The molecule has 0 atom stereocenters. The van der Waals surface area contributed by atoms with Gasteiger partial charge in [-0.3, -0.25) is 4.79 Å². The fourth-order valence-electron chi connectivity index (χ4n) is 3.82. The summed E-state index contributed by atoms with van der Waals surface area (Å²) in [6.07, 6.45) is 6.74. The molecular weight excluding hydrogens is 376 g/mol. The van der Waals surface area contributed by atoms with E-state index in [0.717, 1.165) is 28.1 Å². The Balaban J connectivity index is 1.45. The molecule has 4 aromatic rings. The van der Waals surface area contributed by atoms with Gasteiger partial charge in [-0.05, 0) is 25.1 Å². The molecule has 29 heavy (non-hydrogen) atoms. The van der Waals surface area contributed by atoms with Crippen LogP contribution < -0.4 is 0 Å². The molecule has 0 unspecified atom stereocenters. The summed E-state index contributed by atoms with van der Waals surface area (Å²) < 4.78 is 30.6. The van der Waals surface area contributed by atoms with E-state index in [0.29, 0.717) is 5.56 Å². The number of carbonyl (C=O) groups excluding carboxylic acids is 1. The number of carbonyl (C=O) groups is 1. The van der Waals surface area contributed by atoms with Crippen molar-refractivity contribution < 1.29 is 13.6 Å². The highest BCUT2D eigenvalue weighted by Gasteiger charge is 2.35. The summed E-state index contributed by atoms with van der Waals surface area (Å²) in [5.41, 5.74) is 3.84. The van der Waals surface area contributed by atoms with Crippen molar-refractivity contribution in [1.82, 2.24) is 23.8 Å². The van der Waals surface area contributed by atoms with Crippen LogP contribution in [0.15, 0.2) is 49.1 Å². The number of imidazole rings is 1. The van der Waals surface area contributed by atoms with Crippen molar-refractivity contribution in [3.8, 4) is 5.69 Å². The molecular formula is C21H19F2N5O. The van der Waals surface area contributed by atoms with Gasteiger partial charge in [-0.25, -0.2) is 18.7 Å². The number of halogens is 2. The number of hydrogen-bond donors (Lipinski definition) is 0. The van der Waals surface area contributed by atoms with Gasteiger partial charge >= 0.3 is 0 Å². The Morgan fingerprint density at radius 1 is 1.14 bits per heavy atom. The average Bonchev–Trinajstić information content (AvgIpc) is 3.28. The second-order valence-corrected chi connectivity index (χ2v) is 7.50. The molecule has 0 bridgehead atoms. The van der Waals surface area contributed by atoms with E-state index < -0.39 is 5.92 Å². The fourth-order valence-corrected chi connectivity index (χ4v) is 3.82. The first kappa shape index (κ1) is 17.8. The largest absolute Gasteiger partial charge is 0.338 e. The zero-order chi connectivity index (χ0) is 20.2. The van der Waals surface area contributed by atoms with Crippen molar-refractivity contribution in [2.24, 2.45) is 0 Å². The van der Waals surface area contributed by atoms with Crippen LogP contribution in [0.3, 0.4) is 0 Å². The molecule has 0 saturated carbocycles. The molecule has 4 aromatic heterocycles. The quantitative estimate of drug-likeness (QED) is 0.518. The fraction of sp³-hybridized carbons (Fsp3) is 0.286. The smallest absolute Gasteiger partial charge is 0.255 e. The number of hydrogen-bond acceptors (Lipinski definition) is 3. The van der Waals surface area contributed by atoms with Crippen LogP contribution in [0.2, 0.25) is 0 Å². The van der Waals surface area contributed by atoms with Gasteiger partial charge in [-0.15, -0.1) is 0 Å². The van der Waals surface area contributed by atoms with Crippen molar-refractivity contribution in [3.63, 3.8) is 0 Å². The topological polar surface area (TPSA) is 55.4 Å². The Hall–Kier alpha value is -3.29. The van der Waals surface area contributed by atoms with Crippen molar-refractivity contribution >= 4 is 22.6 Å². The van der Waals surface area contributed by atoms with Crippen LogP contribution in [0.5, 0.6) is 0 Å². The van der Waals surface area contributed by atoms with Gasteiger partial charge in [-0.1, -0.05) is 0 Å². The van der Waals surface area contributed by atoms with E-state index in [2.05, 4.69) is 9.97 Å². The summed E-state index contributed by atoms with van der Waals surface area (Å²) in [6.45, 7) is 2.07. The number of amides is 1. The van der Waals surface area contributed by atoms with Crippen LogP contribution in [0.25, 0.3) is 22.4 Å². The zero-order valence-corrected chi connectivity index (χ0v) is 15.8. The first-order valence-corrected chi connectivity index (χ1v) is 9.50. The summed E-state index contributed by atoms with van der Waals surface area (Å²) in [7, 11) is 0. The maximum Gasteiger partial charge on any atom is 0.255 e. The predicted octanol–water partition coefficient (Wildman–Crippen LogP) is 3.85. The van der Waals surface area contributed by atoms with Crippen molar-refractivity contribution in [1.29, 1.82) is 0 Å². The minimum absolute atomic E-state index is 0.0641. The number of pyridine rings is 2. The van der Waals surface area contributed by atoms with Crippen molar-refractivity contribution in [2.45, 2.75) is 25.7 Å². The van der Waals surface area contributed by atoms with Crippen LogP contribution in [0.4, 0.5) is 8.78 Å². The molecule has 1 fully saturated rings. The molecule has 1 saturated heterocycles. The molecule has 0 aromatic carbocycles. The van der Waals surface area contributed by atoms with Crippen LogP contribution in [0.1, 0.15) is 28.9 Å². The van der Waals surface area contributed by atoms with E-state index in [1.807, 2.05) is 52.7 Å². The van der Waals surface area contributed by atoms with Crippen LogP contribution in [-0.2, 0) is 0 Å². The normalized spacial score (nSPS) is 16.6. The number of fused-ring (bicyclic) bond motifs is 2. The lowest BCUT2D eigenvalue weighted by Crippen LogP contribution is -2.42. The number of aromatic nitrogens is 4. The molecule has 0 aliphatic carbocycles. The summed E-state index contributed by atoms with van der Waals surface area (Å²) >= 11 is 0. The van der Waals surface area contributed by atoms with E-state index in [9.17, 15) is 13.6 Å². The standard InChI is InChI=1S/C21H19F2N5O/c1-14-13-27-6-3-17(11-18(27)25-14)28-7-2-15-10-16(12-24-19(15)28)20(29)26-8-4-21(22,23)5-9-26/h2-3,6-7,10-13H,4-5,8-9H2,1H3. The summed E-state index contributed by atoms with van der Waals surface area (Å²) in [4.78, 5) is 23.2. The van der Waals surface area contributed by atoms with Gasteiger partial charge in [0.1, 0.15) is 11.3 Å². The molecule has 0 radical (unpaired) electrons. The third-order valence-electron chi connectivity index (χ3n) is 5.40. The van der Waals surface area contributed by atoms with E-state index >= 15 is 0 Å². The van der Waals surface area contributed by atoms with E-state index in [1.54, 1.807) is 6.07 Å². The number of alkyl halides is 2. The number of likely N-dealkylation sites (tertiary alicyclic amines) is 1. The summed E-state index contributed by atoms with van der Waals surface area (Å²) in [6, 6.07) is 7.61. The SMILES string of the molecule is Cc1cn2ccc(-n3ccc4cc(C(=O)N5CCC(F)(F)CC5)cnc43)cc2n1. The van der Waals surface area contributed by atoms with Gasteiger partial charge < -0.3 is 13.9 Å². The second kappa shape index (κ2) is 6.37. The predicted molar refractivity (Wildman–Crippen MR) is 105 cm³/mol. The lowest BCUT2D eigenvalue weighted by atomic mass is 10.1. The first-order valence-electron chi connectivity index (χ1n) is 9.50. The summed E-state index contributed by atoms with van der Waals surface area (Å²) in [5, 5.41) is 0.817. The molecule has 6 nitrogen and oxygen atoms in total. The number of nitrogens with zero attached hydrogens (tertiary/aromatic N) is 5. The minimum Gasteiger partial charge on any atom is -0.338 e. The van der Waals surface area contributed by atoms with Crippen LogP contribution >= 0.6 is 0 Å². The maximum atomic E-state index is 13.4. The Labute approximate surface area is 165 Å². The Bertz CT molecular complexity index is 1230. The highest BCUT2D eigenvalue weighted by molar-refractivity contribution is 5.97. The average molecular weight is 395 g/mol. The lowest BCUT2D eigenvalue weighted by Gasteiger charge is -2.31. The highest BCUT2D eigenvalue weighted by atomic mass is 19.3. The molecule has 1 aliphatic rings. The third-order valence-corrected chi connectivity index (χ3v) is 5.40. The molecule has 1 aliphatic heterocycles. The molecule has 0 N–H and O–H groups in total. The molecule has 5 rings (SSSR count). The van der Waals surface area contributed by atoms with E-state index in [1.165, 1.54) is 11.1 Å². The minimum atomic E-state index is -2.68. The second-order valence-electron chi connectivity index (χ2n) is 7.50. The Morgan fingerprint density at radius 3 is 2.72 bits per heavy atom. The lowest BCUT2D eigenvalue weighted by molar-refractivity contribution is -0.0494. The molecule has 8 heteroatoms. The zero-order valence-electron chi connectivity index (χ0n) is 15.8. The van der Waals surface area contributed by atoms with Gasteiger partial charge in [0.05, 0.1) is 16.9 Å². The number of rotatable bonds is 2. The van der Waals surface area contributed by atoms with Gasteiger partial charge in [0.2, 0.25) is 0 Å². The first-order chi connectivity index (χ1) is 13.9. The Kier molecular flexibility index (Phi) is 3.90. The van der Waals surface area contributed by atoms with Gasteiger partial charge in [0.25, 0.3) is 11.8 Å². The number of piperidine rings is 1. The van der Waals surface area contributed by atoms with Gasteiger partial charge in [0, 0.05) is 62.2 Å². The Morgan fingerprint density at radius 2 is 1.93 bits per heavy atom. The van der Waals surface area contributed by atoms with Crippen LogP contribution in [0, 0.1) is 6.92 Å². The molecule has 148 valence electrons. The highest BCUT2D eigenvalue weighted by Crippen LogP contribution is 2.29. The maximum absolute atomic E-state index is 13.4. The number of aryl methyl sites for hydroxylation is 1. The van der Waals surface area contributed by atoms with Crippen molar-refractivity contribution in [2.75, 3.05) is 13.1 Å². The molecule has 1 amide bonds. The van der Waals surface area contributed by atoms with Crippen molar-refractivity contribution in [3.05, 3.63) is 60.3 Å². The van der Waals surface area contributed by atoms with Gasteiger partial charge in [0.15, 0.2) is 0 Å². The van der Waals surface area contributed by atoms with Crippen LogP contribution in [-0.4, -0.2) is 48.8 Å². The molecule has 5 heterocycles. The molecule has 0 spiro atoms. The van der Waals surface area contributed by atoms with E-state index in [4.69, 9.17) is 0 Å². The monoisotopic (exact) mass is 395 g/mol.